The number of nitrogens with zero attached hydrogens (tertiary/aromatic N) is 1. The van der Waals surface area contributed by atoms with Crippen LogP contribution in [0.5, 0.6) is 0 Å². The average Bonchev–Trinajstić information content (AvgIpc) is 2.25. The van der Waals surface area contributed by atoms with Gasteiger partial charge in [-0.15, -0.1) is 0 Å². The Morgan fingerprint density at radius 3 is 2.24 bits per heavy atom. The third-order valence-electron chi connectivity index (χ3n) is 2.09. The summed E-state index contributed by atoms with van der Waals surface area (Å²) in [6.45, 7) is 7.43. The van der Waals surface area contributed by atoms with Crippen LogP contribution in [-0.2, 0) is 14.4 Å². The van der Waals surface area contributed by atoms with E-state index in [1.165, 1.54) is 0 Å². The minimum atomic E-state index is -3.57. The molecule has 0 saturated heterocycles. The fourth-order valence-electron chi connectivity index (χ4n) is 1.34. The van der Waals surface area contributed by atoms with Crippen LogP contribution in [-0.4, -0.2) is 20.4 Å². The molecule has 0 aliphatic rings. The molecule has 1 aromatic carbocycles. The van der Waals surface area contributed by atoms with Gasteiger partial charge in [-0.25, -0.2) is 0 Å². The van der Waals surface area contributed by atoms with Gasteiger partial charge in [0, 0.05) is 5.56 Å². The van der Waals surface area contributed by atoms with Crippen LogP contribution in [0, 0.1) is 0 Å². The monoisotopic (exact) mass is 253 g/mol. The van der Waals surface area contributed by atoms with Crippen LogP contribution in [0.4, 0.5) is 0 Å². The molecule has 5 heteroatoms. The molecule has 0 heterocycles. The van der Waals surface area contributed by atoms with Crippen LogP contribution in [0.1, 0.15) is 25.0 Å². The number of oxime groups is 1. The highest BCUT2D eigenvalue weighted by molar-refractivity contribution is 7.85. The van der Waals surface area contributed by atoms with Crippen molar-refractivity contribution < 1.29 is 12.7 Å². The summed E-state index contributed by atoms with van der Waals surface area (Å²) in [4.78, 5) is 0. The Balaban J connectivity index is 3.12. The smallest absolute Gasteiger partial charge is 0.268 e. The van der Waals surface area contributed by atoms with Gasteiger partial charge < -0.3 is 0 Å². The fraction of sp³-hybridized carbons (Fsp3) is 0.250. The highest BCUT2D eigenvalue weighted by Gasteiger charge is 2.07. The van der Waals surface area contributed by atoms with Gasteiger partial charge in [-0.2, -0.15) is 8.42 Å². The Bertz CT molecular complexity index is 559. The minimum absolute atomic E-state index is 0.494. The molecule has 17 heavy (non-hydrogen) atoms. The number of hydrogen-bond acceptors (Lipinski definition) is 4. The van der Waals surface area contributed by atoms with E-state index in [0.29, 0.717) is 5.71 Å². The molecule has 0 amide bonds. The second-order valence-corrected chi connectivity index (χ2v) is 5.34. The normalized spacial score (nSPS) is 12.3. The van der Waals surface area contributed by atoms with Gasteiger partial charge in [0.15, 0.2) is 0 Å². The number of benzene rings is 1. The third-order valence-corrected chi connectivity index (χ3v) is 2.43. The van der Waals surface area contributed by atoms with Gasteiger partial charge in [0.25, 0.3) is 0 Å². The van der Waals surface area contributed by atoms with Crippen molar-refractivity contribution in [3.05, 3.63) is 42.0 Å². The molecule has 92 valence electrons. The summed E-state index contributed by atoms with van der Waals surface area (Å²) in [7, 11) is -3.57. The quantitative estimate of drug-likeness (QED) is 0.611. The maximum atomic E-state index is 10.8. The summed E-state index contributed by atoms with van der Waals surface area (Å²) in [6, 6.07) is 7.48. The standard InChI is InChI=1S/C12H15NO3S/c1-9(2)11-7-5-6-8-12(11)10(3)13-16-17(4,14)15/h5-8H,1H2,2-4H3. The molecular weight excluding hydrogens is 238 g/mol. The van der Waals surface area contributed by atoms with Crippen molar-refractivity contribution in [2.24, 2.45) is 5.16 Å². The van der Waals surface area contributed by atoms with Crippen molar-refractivity contribution in [1.29, 1.82) is 0 Å². The SMILES string of the molecule is C=C(C)c1ccccc1C(C)=NOS(C)(=O)=O. The molecule has 0 radical (unpaired) electrons. The summed E-state index contributed by atoms with van der Waals surface area (Å²) in [5, 5.41) is 3.60. The Labute approximate surface area is 102 Å². The van der Waals surface area contributed by atoms with Crippen molar-refractivity contribution >= 4 is 21.4 Å². The molecular formula is C12H15NO3S. The molecule has 0 bridgehead atoms. The van der Waals surface area contributed by atoms with Crippen molar-refractivity contribution in [1.82, 2.24) is 0 Å². The molecule has 0 aliphatic heterocycles. The van der Waals surface area contributed by atoms with Gasteiger partial charge in [0.05, 0.1) is 12.0 Å². The van der Waals surface area contributed by atoms with E-state index in [0.717, 1.165) is 23.0 Å². The van der Waals surface area contributed by atoms with Gasteiger partial charge in [0.2, 0.25) is 0 Å². The lowest BCUT2D eigenvalue weighted by molar-refractivity contribution is 0.343. The van der Waals surface area contributed by atoms with E-state index in [9.17, 15) is 8.42 Å². The van der Waals surface area contributed by atoms with Crippen molar-refractivity contribution in [3.63, 3.8) is 0 Å². The van der Waals surface area contributed by atoms with E-state index < -0.39 is 10.1 Å². The topological polar surface area (TPSA) is 55.7 Å². The third kappa shape index (κ3) is 4.03. The van der Waals surface area contributed by atoms with Crippen molar-refractivity contribution in [2.75, 3.05) is 6.26 Å². The van der Waals surface area contributed by atoms with Crippen molar-refractivity contribution in [2.45, 2.75) is 13.8 Å². The second-order valence-electron chi connectivity index (χ2n) is 3.78. The van der Waals surface area contributed by atoms with Crippen LogP contribution in [0.25, 0.3) is 5.57 Å². The summed E-state index contributed by atoms with van der Waals surface area (Å²) in [6.07, 6.45) is 0.953. The molecule has 0 aromatic heterocycles. The van der Waals surface area contributed by atoms with Crippen LogP contribution in [0.3, 0.4) is 0 Å². The molecule has 0 fully saturated rings. The lowest BCUT2D eigenvalue weighted by Crippen LogP contribution is -2.04. The van der Waals surface area contributed by atoms with E-state index in [4.69, 9.17) is 0 Å². The van der Waals surface area contributed by atoms with Gasteiger partial charge in [-0.05, 0) is 19.4 Å². The Hall–Kier alpha value is -1.62. The Morgan fingerprint density at radius 2 is 1.76 bits per heavy atom. The predicted octanol–water partition coefficient (Wildman–Crippen LogP) is 2.42. The first-order valence-corrected chi connectivity index (χ1v) is 6.81. The van der Waals surface area contributed by atoms with Gasteiger partial charge in [-0.3, -0.25) is 4.28 Å². The summed E-state index contributed by atoms with van der Waals surface area (Å²) >= 11 is 0. The van der Waals surface area contributed by atoms with E-state index in [2.05, 4.69) is 16.0 Å². The largest absolute Gasteiger partial charge is 0.325 e. The molecule has 0 saturated carbocycles. The maximum Gasteiger partial charge on any atom is 0.325 e. The zero-order chi connectivity index (χ0) is 13.1. The predicted molar refractivity (Wildman–Crippen MR) is 69.3 cm³/mol. The fourth-order valence-corrected chi connectivity index (χ4v) is 1.59. The van der Waals surface area contributed by atoms with E-state index in [-0.39, 0.29) is 0 Å². The van der Waals surface area contributed by atoms with Crippen LogP contribution >= 0.6 is 0 Å². The molecule has 0 spiro atoms. The first-order valence-electron chi connectivity index (χ1n) is 5.00. The van der Waals surface area contributed by atoms with E-state index in [1.54, 1.807) is 6.92 Å². The van der Waals surface area contributed by atoms with Gasteiger partial charge >= 0.3 is 10.1 Å². The zero-order valence-electron chi connectivity index (χ0n) is 10.1. The molecule has 1 aromatic rings. The lowest BCUT2D eigenvalue weighted by atomic mass is 9.99. The highest BCUT2D eigenvalue weighted by atomic mass is 32.2. The maximum absolute atomic E-state index is 10.8. The van der Waals surface area contributed by atoms with E-state index in [1.807, 2.05) is 31.2 Å². The lowest BCUT2D eigenvalue weighted by Gasteiger charge is -2.07. The number of rotatable bonds is 4. The molecule has 0 N–H and O–H groups in total. The minimum Gasteiger partial charge on any atom is -0.268 e. The van der Waals surface area contributed by atoms with Gasteiger partial charge in [0.1, 0.15) is 0 Å². The average molecular weight is 253 g/mol. The summed E-state index contributed by atoms with van der Waals surface area (Å²) in [5.41, 5.74) is 3.11. The molecule has 1 rings (SSSR count). The molecule has 4 nitrogen and oxygen atoms in total. The molecule has 0 aliphatic carbocycles. The van der Waals surface area contributed by atoms with Crippen molar-refractivity contribution in [3.8, 4) is 0 Å². The first kappa shape index (κ1) is 13.4. The highest BCUT2D eigenvalue weighted by Crippen LogP contribution is 2.18. The first-order chi connectivity index (χ1) is 7.81. The number of hydrogen-bond donors (Lipinski definition) is 0. The van der Waals surface area contributed by atoms with Gasteiger partial charge in [-0.1, -0.05) is 41.6 Å². The van der Waals surface area contributed by atoms with Crippen LogP contribution < -0.4 is 0 Å². The number of allylic oxidation sites excluding steroid dienone is 1. The van der Waals surface area contributed by atoms with Crippen LogP contribution in [0.15, 0.2) is 36.0 Å². The molecule has 0 unspecified atom stereocenters. The molecule has 0 atom stereocenters. The Kier molecular flexibility index (Phi) is 4.07. The summed E-state index contributed by atoms with van der Waals surface area (Å²) in [5.74, 6) is 0. The summed E-state index contributed by atoms with van der Waals surface area (Å²) < 4.78 is 26.1. The Morgan fingerprint density at radius 1 is 1.24 bits per heavy atom. The zero-order valence-corrected chi connectivity index (χ0v) is 10.9. The van der Waals surface area contributed by atoms with E-state index >= 15 is 0 Å². The second kappa shape index (κ2) is 5.14. The van der Waals surface area contributed by atoms with Crippen LogP contribution in [0.2, 0.25) is 0 Å².